The second-order valence-corrected chi connectivity index (χ2v) is 5.96. The van der Waals surface area contributed by atoms with E-state index in [1.165, 1.54) is 11.3 Å². The number of aliphatic hydroxyl groups is 1. The molecule has 3 rings (SSSR count). The average molecular weight is 327 g/mol. The van der Waals surface area contributed by atoms with E-state index in [0.29, 0.717) is 23.7 Å². The van der Waals surface area contributed by atoms with Crippen molar-refractivity contribution < 1.29 is 9.84 Å². The molecule has 0 saturated heterocycles. The van der Waals surface area contributed by atoms with E-state index in [-0.39, 0.29) is 11.6 Å². The van der Waals surface area contributed by atoms with Crippen LogP contribution in [0.2, 0.25) is 0 Å². The Morgan fingerprint density at radius 3 is 2.83 bits per heavy atom. The minimum Gasteiger partial charge on any atom is -0.510 e. The molecule has 5 nitrogen and oxygen atoms in total. The highest BCUT2D eigenvalue weighted by atomic mass is 32.1. The summed E-state index contributed by atoms with van der Waals surface area (Å²) in [7, 11) is 1.63. The summed E-state index contributed by atoms with van der Waals surface area (Å²) in [6.45, 7) is 4.54. The average Bonchev–Trinajstić information content (AvgIpc) is 3.13. The van der Waals surface area contributed by atoms with Crippen LogP contribution in [0.4, 0.5) is 0 Å². The van der Waals surface area contributed by atoms with E-state index < -0.39 is 0 Å². The van der Waals surface area contributed by atoms with Crippen molar-refractivity contribution in [3.05, 3.63) is 53.1 Å². The Morgan fingerprint density at radius 2 is 2.17 bits per heavy atom. The zero-order valence-electron chi connectivity index (χ0n) is 12.7. The van der Waals surface area contributed by atoms with Crippen LogP contribution in [0, 0.1) is 5.41 Å². The van der Waals surface area contributed by atoms with E-state index in [4.69, 9.17) is 10.1 Å². The van der Waals surface area contributed by atoms with E-state index in [0.717, 1.165) is 17.0 Å². The monoisotopic (exact) mass is 327 g/mol. The smallest absolute Gasteiger partial charge is 0.135 e. The number of methoxy groups -OCH3 is 1. The summed E-state index contributed by atoms with van der Waals surface area (Å²) in [5.41, 5.74) is 2.31. The van der Waals surface area contributed by atoms with Gasteiger partial charge in [-0.25, -0.2) is 4.98 Å². The maximum atomic E-state index is 10.2. The summed E-state index contributed by atoms with van der Waals surface area (Å²) in [5, 5.41) is 21.0. The summed E-state index contributed by atoms with van der Waals surface area (Å²) in [6.07, 6.45) is 1.72. The first kappa shape index (κ1) is 15.3. The molecule has 0 spiro atoms. The molecule has 1 aliphatic heterocycles. The molecule has 6 heteroatoms. The minimum absolute atomic E-state index is 0.187. The lowest BCUT2D eigenvalue weighted by molar-refractivity contribution is 0.362. The summed E-state index contributed by atoms with van der Waals surface area (Å²) >= 11 is 1.43. The standard InChI is InChI=1S/C17H17N3O2S/c1-3-8-20-9-14(21)15(16(20)18)17-19-13(10-23-17)11-4-6-12(22-2)7-5-11/h3-7,10,18,21H,1,8-9H2,2H3. The third-order valence-electron chi connectivity index (χ3n) is 3.64. The number of ether oxygens (including phenoxy) is 1. The molecular formula is C17H17N3O2S. The van der Waals surface area contributed by atoms with Crippen LogP contribution in [-0.4, -0.2) is 41.0 Å². The molecule has 2 heterocycles. The van der Waals surface area contributed by atoms with Crippen LogP contribution in [0.15, 0.2) is 48.1 Å². The van der Waals surface area contributed by atoms with E-state index in [9.17, 15) is 5.11 Å². The van der Waals surface area contributed by atoms with Crippen LogP contribution in [0.5, 0.6) is 5.75 Å². The Kier molecular flexibility index (Phi) is 4.16. The number of amidine groups is 1. The molecule has 0 amide bonds. The number of aliphatic hydroxyl groups excluding tert-OH is 1. The molecule has 2 aromatic rings. The first-order valence-electron chi connectivity index (χ1n) is 7.11. The molecule has 2 N–H and O–H groups in total. The number of hydrogen-bond acceptors (Lipinski definition) is 5. The first-order chi connectivity index (χ1) is 11.1. The van der Waals surface area contributed by atoms with Crippen molar-refractivity contribution in [2.45, 2.75) is 0 Å². The molecule has 0 aliphatic carbocycles. The predicted octanol–water partition coefficient (Wildman–Crippen LogP) is 3.57. The van der Waals surface area contributed by atoms with Gasteiger partial charge < -0.3 is 14.7 Å². The minimum atomic E-state index is 0.187. The summed E-state index contributed by atoms with van der Waals surface area (Å²) in [6, 6.07) is 7.65. The lowest BCUT2D eigenvalue weighted by Gasteiger charge is -2.15. The fourth-order valence-corrected chi connectivity index (χ4v) is 3.35. The molecular weight excluding hydrogens is 310 g/mol. The molecule has 118 valence electrons. The third kappa shape index (κ3) is 2.85. The van der Waals surface area contributed by atoms with Crippen molar-refractivity contribution >= 4 is 22.7 Å². The van der Waals surface area contributed by atoms with Crippen LogP contribution < -0.4 is 4.74 Å². The number of aromatic nitrogens is 1. The third-order valence-corrected chi connectivity index (χ3v) is 4.50. The number of nitrogens with zero attached hydrogens (tertiary/aromatic N) is 2. The molecule has 0 saturated carbocycles. The number of thiazole rings is 1. The van der Waals surface area contributed by atoms with Gasteiger partial charge in [-0.15, -0.1) is 17.9 Å². The summed E-state index contributed by atoms with van der Waals surface area (Å²) in [5.74, 6) is 1.27. The molecule has 0 atom stereocenters. The number of hydrogen-bond donors (Lipinski definition) is 2. The van der Waals surface area contributed by atoms with Gasteiger partial charge in [0.1, 0.15) is 22.4 Å². The van der Waals surface area contributed by atoms with Gasteiger partial charge in [0.15, 0.2) is 0 Å². The predicted molar refractivity (Wildman–Crippen MR) is 93.1 cm³/mol. The molecule has 1 aliphatic rings. The Bertz CT molecular complexity index is 777. The van der Waals surface area contributed by atoms with Gasteiger partial charge in [0.2, 0.25) is 0 Å². The van der Waals surface area contributed by atoms with Crippen LogP contribution in [0.3, 0.4) is 0 Å². The fraction of sp³-hybridized carbons (Fsp3) is 0.176. The highest BCUT2D eigenvalue weighted by Crippen LogP contribution is 2.32. The number of rotatable bonds is 5. The zero-order chi connectivity index (χ0) is 16.4. The topological polar surface area (TPSA) is 69.4 Å². The quantitative estimate of drug-likeness (QED) is 0.824. The van der Waals surface area contributed by atoms with Crippen molar-refractivity contribution in [1.29, 1.82) is 5.41 Å². The Hall–Kier alpha value is -2.60. The lowest BCUT2D eigenvalue weighted by Crippen LogP contribution is -2.26. The van der Waals surface area contributed by atoms with Gasteiger partial charge in [-0.2, -0.15) is 0 Å². The second kappa shape index (κ2) is 6.26. The van der Waals surface area contributed by atoms with Crippen LogP contribution in [0.25, 0.3) is 16.8 Å². The van der Waals surface area contributed by atoms with Crippen LogP contribution in [0.1, 0.15) is 5.01 Å². The number of benzene rings is 1. The van der Waals surface area contributed by atoms with Crippen LogP contribution >= 0.6 is 11.3 Å². The van der Waals surface area contributed by atoms with Gasteiger partial charge in [-0.1, -0.05) is 6.08 Å². The van der Waals surface area contributed by atoms with Gasteiger partial charge in [-0.3, -0.25) is 5.41 Å². The summed E-state index contributed by atoms with van der Waals surface area (Å²) < 4.78 is 5.15. The first-order valence-corrected chi connectivity index (χ1v) is 7.99. The fourth-order valence-electron chi connectivity index (χ4n) is 2.45. The molecule has 0 radical (unpaired) electrons. The van der Waals surface area contributed by atoms with E-state index >= 15 is 0 Å². The highest BCUT2D eigenvalue weighted by Gasteiger charge is 2.29. The molecule has 1 aromatic carbocycles. The van der Waals surface area contributed by atoms with Crippen LogP contribution in [-0.2, 0) is 0 Å². The molecule has 23 heavy (non-hydrogen) atoms. The zero-order valence-corrected chi connectivity index (χ0v) is 13.6. The van der Waals surface area contributed by atoms with Gasteiger partial charge in [-0.05, 0) is 24.3 Å². The Balaban J connectivity index is 1.88. The van der Waals surface area contributed by atoms with Gasteiger partial charge in [0, 0.05) is 17.5 Å². The molecule has 0 unspecified atom stereocenters. The molecule has 0 fully saturated rings. The normalized spacial score (nSPS) is 14.5. The maximum Gasteiger partial charge on any atom is 0.135 e. The Morgan fingerprint density at radius 1 is 1.43 bits per heavy atom. The van der Waals surface area contributed by atoms with Crippen molar-refractivity contribution in [2.75, 3.05) is 20.2 Å². The van der Waals surface area contributed by atoms with E-state index in [1.807, 2.05) is 29.6 Å². The second-order valence-electron chi connectivity index (χ2n) is 5.11. The van der Waals surface area contributed by atoms with Gasteiger partial charge in [0.05, 0.1) is 24.9 Å². The summed E-state index contributed by atoms with van der Waals surface area (Å²) in [4.78, 5) is 6.34. The lowest BCUT2D eigenvalue weighted by atomic mass is 10.1. The highest BCUT2D eigenvalue weighted by molar-refractivity contribution is 7.11. The molecule has 0 bridgehead atoms. The van der Waals surface area contributed by atoms with E-state index in [2.05, 4.69) is 11.6 Å². The van der Waals surface area contributed by atoms with Gasteiger partial charge in [0.25, 0.3) is 0 Å². The van der Waals surface area contributed by atoms with Crippen molar-refractivity contribution in [3.8, 4) is 17.0 Å². The van der Waals surface area contributed by atoms with Crippen molar-refractivity contribution in [2.24, 2.45) is 0 Å². The SMILES string of the molecule is C=CCN1CC(O)=C(c2nc(-c3ccc(OC)cc3)cs2)C1=N. The largest absolute Gasteiger partial charge is 0.510 e. The van der Waals surface area contributed by atoms with Crippen molar-refractivity contribution in [3.63, 3.8) is 0 Å². The van der Waals surface area contributed by atoms with E-state index in [1.54, 1.807) is 18.1 Å². The van der Waals surface area contributed by atoms with Crippen molar-refractivity contribution in [1.82, 2.24) is 9.88 Å². The molecule has 1 aromatic heterocycles. The number of nitrogens with one attached hydrogen (secondary N) is 1. The maximum absolute atomic E-state index is 10.2. The Labute approximate surface area is 138 Å². The van der Waals surface area contributed by atoms with Gasteiger partial charge >= 0.3 is 0 Å².